The maximum atomic E-state index is 11.7. The van der Waals surface area contributed by atoms with Gasteiger partial charge in [0.1, 0.15) is 11.2 Å². The zero-order valence-corrected chi connectivity index (χ0v) is 11.4. The summed E-state index contributed by atoms with van der Waals surface area (Å²) in [6, 6.07) is 1.64. The van der Waals surface area contributed by atoms with Gasteiger partial charge < -0.3 is 10.5 Å². The zero-order chi connectivity index (χ0) is 14.9. The van der Waals surface area contributed by atoms with Gasteiger partial charge in [0, 0.05) is 12.4 Å². The first-order chi connectivity index (χ1) is 9.28. The highest BCUT2D eigenvalue weighted by atomic mass is 16.6. The van der Waals surface area contributed by atoms with Crippen LogP contribution in [-0.4, -0.2) is 32.2 Å². The number of fused-ring (bicyclic) bond motifs is 1. The van der Waals surface area contributed by atoms with Crippen molar-refractivity contribution in [3.05, 3.63) is 24.0 Å². The van der Waals surface area contributed by atoms with Crippen molar-refractivity contribution in [2.75, 3.05) is 5.32 Å². The van der Waals surface area contributed by atoms with E-state index in [0.29, 0.717) is 0 Å². The average molecular weight is 277 g/mol. The fourth-order valence-corrected chi connectivity index (χ4v) is 1.60. The van der Waals surface area contributed by atoms with Gasteiger partial charge in [-0.15, -0.1) is 5.10 Å². The Morgan fingerprint density at radius 3 is 2.70 bits per heavy atom. The standard InChI is InChI=1S/C12H15N5O3/c1-12(2,3)20-11(19)15-9-7(8(13)18)10-14-5-4-6-17(10)16-9/h4-6H,1-3H3,(H2,13,18)(H,15,16,19). The van der Waals surface area contributed by atoms with Crippen LogP contribution in [0.25, 0.3) is 5.65 Å². The van der Waals surface area contributed by atoms with Crippen LogP contribution in [0.4, 0.5) is 10.6 Å². The first-order valence-electron chi connectivity index (χ1n) is 5.91. The van der Waals surface area contributed by atoms with Crippen molar-refractivity contribution in [3.8, 4) is 0 Å². The quantitative estimate of drug-likeness (QED) is 0.855. The van der Waals surface area contributed by atoms with Crippen LogP contribution in [0.15, 0.2) is 18.5 Å². The Kier molecular flexibility index (Phi) is 3.31. The lowest BCUT2D eigenvalue weighted by molar-refractivity contribution is 0.0635. The van der Waals surface area contributed by atoms with Gasteiger partial charge in [-0.25, -0.2) is 14.3 Å². The Morgan fingerprint density at radius 1 is 1.40 bits per heavy atom. The van der Waals surface area contributed by atoms with E-state index in [2.05, 4.69) is 15.4 Å². The molecule has 0 fully saturated rings. The van der Waals surface area contributed by atoms with Crippen LogP contribution < -0.4 is 11.1 Å². The summed E-state index contributed by atoms with van der Waals surface area (Å²) in [5.74, 6) is -0.713. The molecule has 0 aliphatic heterocycles. The normalized spacial score (nSPS) is 11.3. The van der Waals surface area contributed by atoms with Gasteiger partial charge in [-0.2, -0.15) is 0 Å². The summed E-state index contributed by atoms with van der Waals surface area (Å²) >= 11 is 0. The summed E-state index contributed by atoms with van der Waals surface area (Å²) in [5, 5.41) is 6.45. The van der Waals surface area contributed by atoms with Gasteiger partial charge in [0.25, 0.3) is 5.91 Å². The van der Waals surface area contributed by atoms with Gasteiger partial charge in [0.15, 0.2) is 11.5 Å². The predicted molar refractivity (Wildman–Crippen MR) is 71.4 cm³/mol. The van der Waals surface area contributed by atoms with Crippen molar-refractivity contribution >= 4 is 23.5 Å². The highest BCUT2D eigenvalue weighted by Crippen LogP contribution is 2.19. The lowest BCUT2D eigenvalue weighted by Gasteiger charge is -2.19. The number of hydrogen-bond acceptors (Lipinski definition) is 5. The second-order valence-corrected chi connectivity index (χ2v) is 5.10. The van der Waals surface area contributed by atoms with E-state index in [4.69, 9.17) is 10.5 Å². The minimum absolute atomic E-state index is 0.0189. The highest BCUT2D eigenvalue weighted by Gasteiger charge is 2.23. The number of aromatic nitrogens is 3. The maximum Gasteiger partial charge on any atom is 0.413 e. The minimum Gasteiger partial charge on any atom is -0.444 e. The monoisotopic (exact) mass is 277 g/mol. The number of primary amides is 1. The Labute approximate surface area is 114 Å². The van der Waals surface area contributed by atoms with Crippen LogP contribution in [0.2, 0.25) is 0 Å². The Morgan fingerprint density at radius 2 is 2.10 bits per heavy atom. The molecule has 2 amide bonds. The molecule has 0 aliphatic rings. The van der Waals surface area contributed by atoms with E-state index in [0.717, 1.165) is 0 Å². The zero-order valence-electron chi connectivity index (χ0n) is 11.4. The van der Waals surface area contributed by atoms with Gasteiger partial charge in [-0.05, 0) is 26.8 Å². The van der Waals surface area contributed by atoms with Crippen molar-refractivity contribution in [1.82, 2.24) is 14.6 Å². The van der Waals surface area contributed by atoms with Gasteiger partial charge in [-0.3, -0.25) is 10.1 Å². The number of rotatable bonds is 2. The van der Waals surface area contributed by atoms with Crippen LogP contribution in [0.5, 0.6) is 0 Å². The Balaban J connectivity index is 2.37. The molecule has 0 bridgehead atoms. The molecule has 0 saturated heterocycles. The van der Waals surface area contributed by atoms with Crippen LogP contribution in [0.1, 0.15) is 31.1 Å². The third-order valence-corrected chi connectivity index (χ3v) is 2.26. The molecule has 2 rings (SSSR count). The second-order valence-electron chi connectivity index (χ2n) is 5.10. The first kappa shape index (κ1) is 13.8. The van der Waals surface area contributed by atoms with Crippen LogP contribution in [0.3, 0.4) is 0 Å². The van der Waals surface area contributed by atoms with E-state index in [9.17, 15) is 9.59 Å². The largest absolute Gasteiger partial charge is 0.444 e. The number of nitrogens with two attached hydrogens (primary N) is 1. The summed E-state index contributed by atoms with van der Waals surface area (Å²) in [6.07, 6.45) is 2.37. The van der Waals surface area contributed by atoms with E-state index in [1.807, 2.05) is 0 Å². The number of carbonyl (C=O) groups excluding carboxylic acids is 2. The summed E-state index contributed by atoms with van der Waals surface area (Å²) in [7, 11) is 0. The Bertz CT molecular complexity index is 671. The van der Waals surface area contributed by atoms with Crippen molar-refractivity contribution in [3.63, 3.8) is 0 Å². The molecule has 0 saturated carbocycles. The third kappa shape index (κ3) is 2.85. The van der Waals surface area contributed by atoms with Crippen LogP contribution in [-0.2, 0) is 4.74 Å². The van der Waals surface area contributed by atoms with E-state index in [1.54, 1.807) is 33.0 Å². The first-order valence-corrected chi connectivity index (χ1v) is 5.91. The summed E-state index contributed by atoms with van der Waals surface area (Å²) in [4.78, 5) is 27.2. The van der Waals surface area contributed by atoms with Crippen molar-refractivity contribution in [1.29, 1.82) is 0 Å². The molecular formula is C12H15N5O3. The molecule has 3 N–H and O–H groups in total. The maximum absolute atomic E-state index is 11.7. The van der Waals surface area contributed by atoms with Crippen molar-refractivity contribution in [2.45, 2.75) is 26.4 Å². The van der Waals surface area contributed by atoms with Gasteiger partial charge in [-0.1, -0.05) is 0 Å². The van der Waals surface area contributed by atoms with E-state index in [-0.39, 0.29) is 17.0 Å². The topological polar surface area (TPSA) is 112 Å². The molecule has 8 heteroatoms. The molecule has 2 aromatic heterocycles. The fourth-order valence-electron chi connectivity index (χ4n) is 1.60. The summed E-state index contributed by atoms with van der Waals surface area (Å²) in [5.41, 5.74) is 4.95. The number of carbonyl (C=O) groups is 2. The average Bonchev–Trinajstić information content (AvgIpc) is 2.63. The van der Waals surface area contributed by atoms with E-state index in [1.165, 1.54) is 10.7 Å². The molecule has 0 unspecified atom stereocenters. The SMILES string of the molecule is CC(C)(C)OC(=O)Nc1nn2cccnc2c1C(N)=O. The molecule has 2 aromatic rings. The molecule has 8 nitrogen and oxygen atoms in total. The number of ether oxygens (including phenoxy) is 1. The second kappa shape index (κ2) is 4.80. The van der Waals surface area contributed by atoms with Gasteiger partial charge in [0.05, 0.1) is 0 Å². The number of amides is 2. The summed E-state index contributed by atoms with van der Waals surface area (Å²) < 4.78 is 6.45. The molecule has 2 heterocycles. The van der Waals surface area contributed by atoms with Gasteiger partial charge in [0.2, 0.25) is 0 Å². The Hall–Kier alpha value is -2.64. The number of nitrogens with one attached hydrogen (secondary N) is 1. The van der Waals surface area contributed by atoms with E-state index < -0.39 is 17.6 Å². The van der Waals surface area contributed by atoms with Crippen molar-refractivity contribution in [2.24, 2.45) is 5.73 Å². The minimum atomic E-state index is -0.732. The number of anilines is 1. The van der Waals surface area contributed by atoms with E-state index >= 15 is 0 Å². The molecular weight excluding hydrogens is 262 g/mol. The molecule has 0 spiro atoms. The fraction of sp³-hybridized carbons (Fsp3) is 0.333. The van der Waals surface area contributed by atoms with Crippen molar-refractivity contribution < 1.29 is 14.3 Å². The molecule has 0 aromatic carbocycles. The van der Waals surface area contributed by atoms with Gasteiger partial charge >= 0.3 is 6.09 Å². The smallest absolute Gasteiger partial charge is 0.413 e. The number of hydrogen-bond donors (Lipinski definition) is 2. The molecule has 20 heavy (non-hydrogen) atoms. The predicted octanol–water partition coefficient (Wildman–Crippen LogP) is 1.18. The third-order valence-electron chi connectivity index (χ3n) is 2.26. The lowest BCUT2D eigenvalue weighted by atomic mass is 10.2. The molecule has 0 aliphatic carbocycles. The van der Waals surface area contributed by atoms with Crippen LogP contribution >= 0.6 is 0 Å². The molecule has 0 radical (unpaired) electrons. The summed E-state index contributed by atoms with van der Waals surface area (Å²) in [6.45, 7) is 5.19. The lowest BCUT2D eigenvalue weighted by Crippen LogP contribution is -2.28. The molecule has 106 valence electrons. The van der Waals surface area contributed by atoms with Crippen LogP contribution in [0, 0.1) is 0 Å². The number of nitrogens with zero attached hydrogens (tertiary/aromatic N) is 3. The highest BCUT2D eigenvalue weighted by molar-refractivity contribution is 6.05. The molecule has 0 atom stereocenters.